The third-order valence-corrected chi connectivity index (χ3v) is 4.87. The van der Waals surface area contributed by atoms with Gasteiger partial charge in [-0.15, -0.1) is 0 Å². The molecular weight excluding hydrogens is 220 g/mol. The molecule has 1 aliphatic carbocycles. The zero-order chi connectivity index (χ0) is 12.4. The van der Waals surface area contributed by atoms with Gasteiger partial charge in [-0.2, -0.15) is 0 Å². The smallest absolute Gasteiger partial charge is 0.0524 e. The van der Waals surface area contributed by atoms with Gasteiger partial charge in [0.1, 0.15) is 0 Å². The van der Waals surface area contributed by atoms with E-state index < -0.39 is 0 Å². The van der Waals surface area contributed by atoms with Crippen molar-refractivity contribution in [3.8, 4) is 0 Å². The molecule has 2 heteroatoms. The van der Waals surface area contributed by atoms with Gasteiger partial charge in [0.05, 0.1) is 5.54 Å². The van der Waals surface area contributed by atoms with Gasteiger partial charge in [-0.3, -0.25) is 0 Å². The Labute approximate surface area is 110 Å². The van der Waals surface area contributed by atoms with Gasteiger partial charge in [-0.25, -0.2) is 0 Å². The minimum Gasteiger partial charge on any atom is -0.364 e. The van der Waals surface area contributed by atoms with Crippen LogP contribution < -0.4 is 10.6 Å². The number of hydrogen-bond acceptors (Lipinski definition) is 2. The van der Waals surface area contributed by atoms with E-state index >= 15 is 0 Å². The monoisotopic (exact) mass is 244 g/mol. The Morgan fingerprint density at radius 2 is 1.78 bits per heavy atom. The van der Waals surface area contributed by atoms with Crippen molar-refractivity contribution in [3.63, 3.8) is 0 Å². The number of rotatable bonds is 2. The maximum absolute atomic E-state index is 6.20. The maximum Gasteiger partial charge on any atom is 0.0524 e. The highest BCUT2D eigenvalue weighted by molar-refractivity contribution is 5.60. The number of nitrogens with zero attached hydrogens (tertiary/aromatic N) is 1. The Kier molecular flexibility index (Phi) is 3.29. The first-order chi connectivity index (χ1) is 8.86. The Balaban J connectivity index is 1.93. The predicted octanol–water partition coefficient (Wildman–Crippen LogP) is 3.10. The van der Waals surface area contributed by atoms with Crippen LogP contribution in [0.25, 0.3) is 0 Å². The molecule has 18 heavy (non-hydrogen) atoms. The van der Waals surface area contributed by atoms with Crippen LogP contribution >= 0.6 is 0 Å². The molecule has 1 aromatic rings. The number of benzene rings is 1. The quantitative estimate of drug-likeness (QED) is 0.810. The van der Waals surface area contributed by atoms with Crippen LogP contribution in [-0.4, -0.2) is 18.6 Å². The lowest BCUT2D eigenvalue weighted by Crippen LogP contribution is -2.53. The molecule has 0 bridgehead atoms. The summed E-state index contributed by atoms with van der Waals surface area (Å²) in [6.45, 7) is 1.97. The van der Waals surface area contributed by atoms with E-state index in [9.17, 15) is 0 Å². The summed E-state index contributed by atoms with van der Waals surface area (Å²) < 4.78 is 0. The Hall–Kier alpha value is -1.02. The highest BCUT2D eigenvalue weighted by atomic mass is 15.2. The third kappa shape index (κ3) is 1.93. The summed E-state index contributed by atoms with van der Waals surface area (Å²) in [5.74, 6) is 0. The molecule has 98 valence electrons. The van der Waals surface area contributed by atoms with Gasteiger partial charge >= 0.3 is 0 Å². The molecule has 0 radical (unpaired) electrons. The molecule has 0 spiro atoms. The number of fused-ring (bicyclic) bond motifs is 1. The van der Waals surface area contributed by atoms with Crippen molar-refractivity contribution < 1.29 is 0 Å². The molecule has 0 amide bonds. The van der Waals surface area contributed by atoms with E-state index in [1.54, 1.807) is 0 Å². The summed E-state index contributed by atoms with van der Waals surface area (Å²) in [5, 5.41) is 0. The van der Waals surface area contributed by atoms with Crippen LogP contribution in [0.2, 0.25) is 0 Å². The van der Waals surface area contributed by atoms with Gasteiger partial charge in [-0.05, 0) is 30.9 Å². The lowest BCUT2D eigenvalue weighted by molar-refractivity contribution is 0.353. The van der Waals surface area contributed by atoms with E-state index in [1.165, 1.54) is 56.2 Å². The Morgan fingerprint density at radius 1 is 1.06 bits per heavy atom. The summed E-state index contributed by atoms with van der Waals surface area (Å²) in [7, 11) is 0. The molecule has 2 N–H and O–H groups in total. The van der Waals surface area contributed by atoms with E-state index in [4.69, 9.17) is 5.73 Å². The van der Waals surface area contributed by atoms with Crippen molar-refractivity contribution in [2.45, 2.75) is 50.5 Å². The van der Waals surface area contributed by atoms with Gasteiger partial charge in [0.25, 0.3) is 0 Å². The van der Waals surface area contributed by atoms with Crippen molar-refractivity contribution in [2.75, 3.05) is 18.0 Å². The second-order valence-corrected chi connectivity index (χ2v) is 5.87. The summed E-state index contributed by atoms with van der Waals surface area (Å²) in [6, 6.07) is 8.88. The van der Waals surface area contributed by atoms with Crippen LogP contribution in [-0.2, 0) is 6.42 Å². The second kappa shape index (κ2) is 4.93. The normalized spacial score (nSPS) is 22.6. The molecule has 1 aromatic carbocycles. The molecule has 2 nitrogen and oxygen atoms in total. The minimum absolute atomic E-state index is 0.239. The van der Waals surface area contributed by atoms with Gasteiger partial charge < -0.3 is 10.6 Å². The highest BCUT2D eigenvalue weighted by Gasteiger charge is 2.38. The van der Waals surface area contributed by atoms with Crippen LogP contribution in [0, 0.1) is 0 Å². The van der Waals surface area contributed by atoms with E-state index in [-0.39, 0.29) is 5.54 Å². The van der Waals surface area contributed by atoms with Gasteiger partial charge in [0.2, 0.25) is 0 Å². The second-order valence-electron chi connectivity index (χ2n) is 5.87. The van der Waals surface area contributed by atoms with Gasteiger partial charge in [-0.1, -0.05) is 43.9 Å². The van der Waals surface area contributed by atoms with Gasteiger partial charge in [0, 0.05) is 18.8 Å². The van der Waals surface area contributed by atoms with Crippen molar-refractivity contribution in [1.29, 1.82) is 0 Å². The molecule has 1 heterocycles. The minimum atomic E-state index is 0.239. The summed E-state index contributed by atoms with van der Waals surface area (Å²) in [5.41, 5.74) is 9.40. The fourth-order valence-electron chi connectivity index (χ4n) is 3.80. The molecule has 0 saturated heterocycles. The largest absolute Gasteiger partial charge is 0.364 e. The van der Waals surface area contributed by atoms with Crippen LogP contribution in [0.1, 0.15) is 44.1 Å². The van der Waals surface area contributed by atoms with Crippen LogP contribution in [0.3, 0.4) is 0 Å². The molecule has 0 atom stereocenters. The van der Waals surface area contributed by atoms with Crippen molar-refractivity contribution in [1.82, 2.24) is 0 Å². The molecule has 0 unspecified atom stereocenters. The SMILES string of the molecule is NCC1(N2CCc3ccccc32)CCCCCC1. The molecule has 1 saturated carbocycles. The number of nitrogens with two attached hydrogens (primary N) is 1. The average Bonchev–Trinajstić information content (AvgIpc) is 2.70. The molecular formula is C16H24N2. The third-order valence-electron chi connectivity index (χ3n) is 4.87. The van der Waals surface area contributed by atoms with Crippen LogP contribution in [0.4, 0.5) is 5.69 Å². The summed E-state index contributed by atoms with van der Waals surface area (Å²) >= 11 is 0. The number of hydrogen-bond donors (Lipinski definition) is 1. The molecule has 1 aliphatic heterocycles. The Bertz CT molecular complexity index is 405. The molecule has 3 rings (SSSR count). The topological polar surface area (TPSA) is 29.3 Å². The zero-order valence-corrected chi connectivity index (χ0v) is 11.2. The number of para-hydroxylation sites is 1. The molecule has 2 aliphatic rings. The first-order valence-electron chi connectivity index (χ1n) is 7.41. The van der Waals surface area contributed by atoms with E-state index in [2.05, 4.69) is 29.2 Å². The lowest BCUT2D eigenvalue weighted by Gasteiger charge is -2.43. The Morgan fingerprint density at radius 3 is 2.50 bits per heavy atom. The summed E-state index contributed by atoms with van der Waals surface area (Å²) in [6.07, 6.45) is 9.20. The maximum atomic E-state index is 6.20. The highest BCUT2D eigenvalue weighted by Crippen LogP contribution is 2.39. The predicted molar refractivity (Wildman–Crippen MR) is 77.0 cm³/mol. The van der Waals surface area contributed by atoms with Gasteiger partial charge in [0.15, 0.2) is 0 Å². The molecule has 1 fully saturated rings. The van der Waals surface area contributed by atoms with E-state index in [0.717, 1.165) is 13.1 Å². The first-order valence-corrected chi connectivity index (χ1v) is 7.41. The van der Waals surface area contributed by atoms with Crippen molar-refractivity contribution in [3.05, 3.63) is 29.8 Å². The number of anilines is 1. The van der Waals surface area contributed by atoms with Crippen molar-refractivity contribution in [2.24, 2.45) is 5.73 Å². The van der Waals surface area contributed by atoms with E-state index in [1.807, 2.05) is 0 Å². The zero-order valence-electron chi connectivity index (χ0n) is 11.2. The average molecular weight is 244 g/mol. The summed E-state index contributed by atoms with van der Waals surface area (Å²) in [4.78, 5) is 2.63. The van der Waals surface area contributed by atoms with E-state index in [0.29, 0.717) is 0 Å². The first kappa shape index (κ1) is 12.0. The standard InChI is InChI=1S/C16H24N2/c17-13-16(10-5-1-2-6-11-16)18-12-9-14-7-3-4-8-15(14)18/h3-4,7-8H,1-2,5-6,9-13,17H2. The molecule has 0 aromatic heterocycles. The fraction of sp³-hybridized carbons (Fsp3) is 0.625. The lowest BCUT2D eigenvalue weighted by atomic mass is 9.88. The van der Waals surface area contributed by atoms with Crippen molar-refractivity contribution >= 4 is 5.69 Å². The van der Waals surface area contributed by atoms with Crippen LogP contribution in [0.5, 0.6) is 0 Å². The fourth-order valence-corrected chi connectivity index (χ4v) is 3.80. The van der Waals surface area contributed by atoms with Crippen LogP contribution in [0.15, 0.2) is 24.3 Å².